The van der Waals surface area contributed by atoms with Crippen molar-refractivity contribution in [3.63, 3.8) is 0 Å². The largest absolute Gasteiger partial charge is 0.398 e. The molecule has 1 aliphatic rings. The Labute approximate surface area is 112 Å². The molecule has 0 aromatic heterocycles. The van der Waals surface area contributed by atoms with Crippen molar-refractivity contribution in [3.8, 4) is 0 Å². The van der Waals surface area contributed by atoms with E-state index in [1.165, 1.54) is 5.56 Å². The summed E-state index contributed by atoms with van der Waals surface area (Å²) in [6, 6.07) is 6.70. The molecule has 1 atom stereocenters. The molecule has 2 rings (SSSR count). The second-order valence-electron chi connectivity index (χ2n) is 4.90. The van der Waals surface area contributed by atoms with Crippen molar-refractivity contribution >= 4 is 21.6 Å². The number of benzene rings is 1. The summed E-state index contributed by atoms with van der Waals surface area (Å²) in [5.41, 5.74) is 8.01. The van der Waals surface area contributed by atoms with Gasteiger partial charge in [-0.2, -0.15) is 0 Å². The lowest BCUT2D eigenvalue weighted by molar-refractivity contribution is 0.0937. The molecule has 0 radical (unpaired) electrons. The highest BCUT2D eigenvalue weighted by atomic mass is 79.9. The summed E-state index contributed by atoms with van der Waals surface area (Å²) in [5.74, 6) is 0. The third-order valence-corrected chi connectivity index (χ3v) is 4.42. The zero-order valence-electron chi connectivity index (χ0n) is 10.5. The number of rotatable bonds is 2. The fourth-order valence-corrected chi connectivity index (χ4v) is 2.74. The number of hydrogen-bond acceptors (Lipinski definition) is 3. The lowest BCUT2D eigenvalue weighted by atomic mass is 10.1. The molecule has 1 aliphatic heterocycles. The number of halogens is 1. The maximum atomic E-state index is 5.91. The molecule has 17 heavy (non-hydrogen) atoms. The van der Waals surface area contributed by atoms with Crippen molar-refractivity contribution in [2.75, 3.05) is 32.4 Å². The Balaban J connectivity index is 2.08. The van der Waals surface area contributed by atoms with Gasteiger partial charge in [0, 0.05) is 42.4 Å². The van der Waals surface area contributed by atoms with E-state index < -0.39 is 0 Å². The van der Waals surface area contributed by atoms with Crippen LogP contribution in [0.25, 0.3) is 0 Å². The predicted octanol–water partition coefficient (Wildman–Crippen LogP) is 2.17. The first-order chi connectivity index (χ1) is 8.08. The van der Waals surface area contributed by atoms with Crippen molar-refractivity contribution in [2.45, 2.75) is 19.5 Å². The molecule has 1 fully saturated rings. The van der Waals surface area contributed by atoms with Gasteiger partial charge in [-0.15, -0.1) is 0 Å². The summed E-state index contributed by atoms with van der Waals surface area (Å²) in [4.78, 5) is 4.90. The average Bonchev–Trinajstić information content (AvgIpc) is 2.28. The minimum atomic E-state index is 0.599. The average molecular weight is 298 g/mol. The molecule has 1 heterocycles. The Morgan fingerprint density at radius 1 is 1.41 bits per heavy atom. The van der Waals surface area contributed by atoms with Gasteiger partial charge in [-0.3, -0.25) is 4.90 Å². The zero-order chi connectivity index (χ0) is 12.4. The van der Waals surface area contributed by atoms with Crippen LogP contribution in [0.1, 0.15) is 12.5 Å². The van der Waals surface area contributed by atoms with Crippen molar-refractivity contribution in [3.05, 3.63) is 28.2 Å². The monoisotopic (exact) mass is 297 g/mol. The van der Waals surface area contributed by atoms with E-state index in [2.05, 4.69) is 45.8 Å². The van der Waals surface area contributed by atoms with Gasteiger partial charge < -0.3 is 10.6 Å². The van der Waals surface area contributed by atoms with Crippen molar-refractivity contribution in [1.29, 1.82) is 0 Å². The van der Waals surface area contributed by atoms with Gasteiger partial charge in [-0.25, -0.2) is 0 Å². The number of piperazine rings is 1. The molecule has 1 aromatic rings. The van der Waals surface area contributed by atoms with E-state index in [0.717, 1.165) is 36.3 Å². The molecule has 0 amide bonds. The van der Waals surface area contributed by atoms with Gasteiger partial charge in [0.1, 0.15) is 0 Å². The molecular formula is C13H20BrN3. The van der Waals surface area contributed by atoms with Crippen molar-refractivity contribution in [1.82, 2.24) is 9.80 Å². The molecule has 2 N–H and O–H groups in total. The van der Waals surface area contributed by atoms with E-state index >= 15 is 0 Å². The van der Waals surface area contributed by atoms with Crippen LogP contribution in [0.3, 0.4) is 0 Å². The maximum Gasteiger partial charge on any atom is 0.0461 e. The van der Waals surface area contributed by atoms with Gasteiger partial charge in [0.2, 0.25) is 0 Å². The highest BCUT2D eigenvalue weighted by Gasteiger charge is 2.21. The number of nitrogens with zero attached hydrogens (tertiary/aromatic N) is 2. The summed E-state index contributed by atoms with van der Waals surface area (Å²) in [5, 5.41) is 0. The molecule has 0 aliphatic carbocycles. The predicted molar refractivity (Wildman–Crippen MR) is 75.9 cm³/mol. The van der Waals surface area contributed by atoms with E-state index in [4.69, 9.17) is 5.73 Å². The summed E-state index contributed by atoms with van der Waals surface area (Å²) in [6.07, 6.45) is 0. The Hall–Kier alpha value is -0.580. The van der Waals surface area contributed by atoms with Crippen LogP contribution in [0.5, 0.6) is 0 Å². The van der Waals surface area contributed by atoms with Crippen molar-refractivity contribution in [2.24, 2.45) is 0 Å². The Morgan fingerprint density at radius 2 is 2.18 bits per heavy atom. The van der Waals surface area contributed by atoms with Crippen LogP contribution in [0.15, 0.2) is 22.7 Å². The van der Waals surface area contributed by atoms with Gasteiger partial charge in [-0.1, -0.05) is 12.1 Å². The fraction of sp³-hybridized carbons (Fsp3) is 0.538. The Kier molecular flexibility index (Phi) is 4.07. The van der Waals surface area contributed by atoms with Gasteiger partial charge in [0.15, 0.2) is 0 Å². The number of hydrogen-bond donors (Lipinski definition) is 1. The minimum absolute atomic E-state index is 0.599. The number of nitrogens with two attached hydrogens (primary N) is 1. The number of nitrogen functional groups attached to an aromatic ring is 1. The molecule has 1 unspecified atom stereocenters. The Bertz CT molecular complexity index is 394. The lowest BCUT2D eigenvalue weighted by Crippen LogP contribution is -2.49. The second kappa shape index (κ2) is 5.38. The van der Waals surface area contributed by atoms with Gasteiger partial charge in [0.25, 0.3) is 0 Å². The molecule has 4 heteroatoms. The SMILES string of the molecule is CC1CN(C)CCN1Cc1cccc(N)c1Br. The van der Waals surface area contributed by atoms with Crippen LogP contribution in [-0.4, -0.2) is 42.5 Å². The molecule has 1 aromatic carbocycles. The van der Waals surface area contributed by atoms with Gasteiger partial charge >= 0.3 is 0 Å². The third kappa shape index (κ3) is 3.00. The molecule has 0 spiro atoms. The van der Waals surface area contributed by atoms with Gasteiger partial charge in [-0.05, 0) is 41.5 Å². The molecule has 1 saturated heterocycles. The summed E-state index contributed by atoms with van der Waals surface area (Å²) >= 11 is 3.58. The normalized spacial score (nSPS) is 22.9. The van der Waals surface area contributed by atoms with Gasteiger partial charge in [0.05, 0.1) is 0 Å². The first kappa shape index (κ1) is 12.9. The Morgan fingerprint density at radius 3 is 2.88 bits per heavy atom. The first-order valence-corrected chi connectivity index (χ1v) is 6.82. The van der Waals surface area contributed by atoms with Crippen LogP contribution in [-0.2, 0) is 6.54 Å². The van der Waals surface area contributed by atoms with Crippen LogP contribution in [0, 0.1) is 0 Å². The van der Waals surface area contributed by atoms with E-state index in [0.29, 0.717) is 6.04 Å². The third-order valence-electron chi connectivity index (χ3n) is 3.45. The first-order valence-electron chi connectivity index (χ1n) is 6.03. The smallest absolute Gasteiger partial charge is 0.0461 e. The standard InChI is InChI=1S/C13H20BrN3/c1-10-8-16(2)6-7-17(10)9-11-4-3-5-12(15)13(11)14/h3-5,10H,6-9,15H2,1-2H3. The minimum Gasteiger partial charge on any atom is -0.398 e. The maximum absolute atomic E-state index is 5.91. The molecule has 0 bridgehead atoms. The van der Waals surface area contributed by atoms with E-state index in [9.17, 15) is 0 Å². The summed E-state index contributed by atoms with van der Waals surface area (Å²) in [7, 11) is 2.18. The van der Waals surface area contributed by atoms with Crippen LogP contribution >= 0.6 is 15.9 Å². The molecular weight excluding hydrogens is 278 g/mol. The van der Waals surface area contributed by atoms with E-state index in [1.807, 2.05) is 12.1 Å². The van der Waals surface area contributed by atoms with Crippen LogP contribution in [0.2, 0.25) is 0 Å². The summed E-state index contributed by atoms with van der Waals surface area (Å²) in [6.45, 7) is 6.67. The quantitative estimate of drug-likeness (QED) is 0.849. The van der Waals surface area contributed by atoms with E-state index in [-0.39, 0.29) is 0 Å². The number of anilines is 1. The summed E-state index contributed by atoms with van der Waals surface area (Å²) < 4.78 is 1.05. The second-order valence-corrected chi connectivity index (χ2v) is 5.70. The van der Waals surface area contributed by atoms with Crippen molar-refractivity contribution < 1.29 is 0 Å². The fourth-order valence-electron chi connectivity index (χ4n) is 2.35. The molecule has 94 valence electrons. The lowest BCUT2D eigenvalue weighted by Gasteiger charge is -2.38. The molecule has 3 nitrogen and oxygen atoms in total. The van der Waals surface area contributed by atoms with Crippen LogP contribution in [0.4, 0.5) is 5.69 Å². The molecule has 0 saturated carbocycles. The van der Waals surface area contributed by atoms with Crippen LogP contribution < -0.4 is 5.73 Å². The highest BCUT2D eigenvalue weighted by Crippen LogP contribution is 2.25. The number of likely N-dealkylation sites (N-methyl/N-ethyl adjacent to an activating group) is 1. The highest BCUT2D eigenvalue weighted by molar-refractivity contribution is 9.10. The zero-order valence-corrected chi connectivity index (χ0v) is 12.1. The van der Waals surface area contributed by atoms with E-state index in [1.54, 1.807) is 0 Å². The topological polar surface area (TPSA) is 32.5 Å².